The fraction of sp³-hybridized carbons (Fsp3) is 0.375. The molecule has 2 rings (SSSR count). The van der Waals surface area contributed by atoms with E-state index in [4.69, 9.17) is 11.6 Å². The van der Waals surface area contributed by atoms with Crippen molar-refractivity contribution in [3.63, 3.8) is 0 Å². The highest BCUT2D eigenvalue weighted by atomic mass is 35.5. The molecular formula is C16H21ClN4. The molecule has 0 amide bonds. The van der Waals surface area contributed by atoms with Gasteiger partial charge in [0, 0.05) is 29.9 Å². The molecule has 0 radical (unpaired) electrons. The zero-order valence-corrected chi connectivity index (χ0v) is 13.6. The van der Waals surface area contributed by atoms with Crippen LogP contribution in [0.15, 0.2) is 30.3 Å². The first kappa shape index (κ1) is 15.7. The molecule has 1 aromatic carbocycles. The van der Waals surface area contributed by atoms with E-state index in [-0.39, 0.29) is 6.04 Å². The van der Waals surface area contributed by atoms with E-state index in [2.05, 4.69) is 40.2 Å². The molecule has 0 saturated carbocycles. The molecule has 21 heavy (non-hydrogen) atoms. The second kappa shape index (κ2) is 6.87. The van der Waals surface area contributed by atoms with Crippen LogP contribution in [-0.4, -0.2) is 29.0 Å². The Bertz CT molecular complexity index is 615. The molecule has 2 aromatic rings. The lowest BCUT2D eigenvalue weighted by Gasteiger charge is -2.25. The summed E-state index contributed by atoms with van der Waals surface area (Å²) in [4.78, 5) is 11.2. The fourth-order valence-electron chi connectivity index (χ4n) is 2.24. The number of nitrogens with one attached hydrogen (secondary N) is 1. The summed E-state index contributed by atoms with van der Waals surface area (Å²) in [5.74, 6) is 1.65. The minimum absolute atomic E-state index is 0.195. The number of hydrogen-bond donors (Lipinski definition) is 1. The van der Waals surface area contributed by atoms with Gasteiger partial charge in [-0.25, -0.2) is 9.97 Å². The summed E-state index contributed by atoms with van der Waals surface area (Å²) in [6.45, 7) is 4.78. The molecule has 1 N–H and O–H groups in total. The molecule has 1 atom stereocenters. The molecule has 0 fully saturated rings. The smallest absolute Gasteiger partial charge is 0.144 e. The molecule has 4 nitrogen and oxygen atoms in total. The monoisotopic (exact) mass is 304 g/mol. The molecular weight excluding hydrogens is 284 g/mol. The maximum atomic E-state index is 6.27. The first-order valence-corrected chi connectivity index (χ1v) is 7.36. The Kier molecular flexibility index (Phi) is 5.15. The number of halogens is 1. The van der Waals surface area contributed by atoms with Crippen molar-refractivity contribution in [1.29, 1.82) is 0 Å². The van der Waals surface area contributed by atoms with Gasteiger partial charge in [-0.1, -0.05) is 29.8 Å². The summed E-state index contributed by atoms with van der Waals surface area (Å²) in [7, 11) is 3.92. The van der Waals surface area contributed by atoms with Crippen LogP contribution in [0.25, 0.3) is 0 Å². The molecule has 0 aliphatic carbocycles. The highest BCUT2D eigenvalue weighted by Crippen LogP contribution is 2.26. The molecule has 1 aromatic heterocycles. The largest absolute Gasteiger partial charge is 0.373 e. The highest BCUT2D eigenvalue weighted by Gasteiger charge is 2.16. The molecule has 1 unspecified atom stereocenters. The predicted octanol–water partition coefficient (Wildman–Crippen LogP) is 3.67. The van der Waals surface area contributed by atoms with Gasteiger partial charge >= 0.3 is 0 Å². The van der Waals surface area contributed by atoms with Crippen LogP contribution in [0, 0.1) is 6.92 Å². The van der Waals surface area contributed by atoms with Gasteiger partial charge in [-0.15, -0.1) is 0 Å². The van der Waals surface area contributed by atoms with Gasteiger partial charge in [0.2, 0.25) is 0 Å². The lowest BCUT2D eigenvalue weighted by molar-refractivity contribution is 0.247. The lowest BCUT2D eigenvalue weighted by Crippen LogP contribution is -2.23. The average molecular weight is 305 g/mol. The minimum Gasteiger partial charge on any atom is -0.373 e. The van der Waals surface area contributed by atoms with Crippen molar-refractivity contribution < 1.29 is 0 Å². The van der Waals surface area contributed by atoms with Crippen molar-refractivity contribution in [3.05, 3.63) is 52.4 Å². The van der Waals surface area contributed by atoms with Crippen LogP contribution < -0.4 is 5.32 Å². The standard InChI is InChI=1S/C16H21ClN4/c1-11-9-15(18-3)20-16(19-11)10-21(4)12(2)13-7-5-6-8-14(13)17/h5-9,12H,10H2,1-4H3,(H,18,19,20). The van der Waals surface area contributed by atoms with Crippen LogP contribution >= 0.6 is 11.6 Å². The second-order valence-electron chi connectivity index (χ2n) is 5.17. The molecule has 0 aliphatic rings. The van der Waals surface area contributed by atoms with E-state index in [1.165, 1.54) is 0 Å². The van der Waals surface area contributed by atoms with Crippen LogP contribution in [-0.2, 0) is 6.54 Å². The third-order valence-electron chi connectivity index (χ3n) is 3.56. The van der Waals surface area contributed by atoms with Crippen LogP contribution in [0.5, 0.6) is 0 Å². The number of aryl methyl sites for hydroxylation is 1. The van der Waals surface area contributed by atoms with Gasteiger partial charge in [0.05, 0.1) is 6.54 Å². The molecule has 0 bridgehead atoms. The van der Waals surface area contributed by atoms with E-state index < -0.39 is 0 Å². The van der Waals surface area contributed by atoms with Gasteiger partial charge in [0.25, 0.3) is 0 Å². The quantitative estimate of drug-likeness (QED) is 0.915. The normalized spacial score (nSPS) is 12.5. The van der Waals surface area contributed by atoms with Crippen LogP contribution in [0.3, 0.4) is 0 Å². The van der Waals surface area contributed by atoms with Crippen molar-refractivity contribution in [1.82, 2.24) is 14.9 Å². The van der Waals surface area contributed by atoms with Crippen molar-refractivity contribution in [3.8, 4) is 0 Å². The fourth-order valence-corrected chi connectivity index (χ4v) is 2.53. The Morgan fingerprint density at radius 1 is 1.29 bits per heavy atom. The molecule has 0 aliphatic heterocycles. The Hall–Kier alpha value is -1.65. The first-order valence-electron chi connectivity index (χ1n) is 6.98. The molecule has 0 spiro atoms. The van der Waals surface area contributed by atoms with E-state index in [9.17, 15) is 0 Å². The summed E-state index contributed by atoms with van der Waals surface area (Å²) < 4.78 is 0. The summed E-state index contributed by atoms with van der Waals surface area (Å²) in [6, 6.07) is 10.1. The van der Waals surface area contributed by atoms with E-state index >= 15 is 0 Å². The Balaban J connectivity index is 2.16. The Morgan fingerprint density at radius 2 is 2.00 bits per heavy atom. The zero-order valence-electron chi connectivity index (χ0n) is 12.9. The topological polar surface area (TPSA) is 41.1 Å². The predicted molar refractivity (Wildman–Crippen MR) is 87.6 cm³/mol. The Labute approximate surface area is 131 Å². The molecule has 0 saturated heterocycles. The third-order valence-corrected chi connectivity index (χ3v) is 3.91. The SMILES string of the molecule is CNc1cc(C)nc(CN(C)C(C)c2ccccc2Cl)n1. The van der Waals surface area contributed by atoms with E-state index in [0.29, 0.717) is 6.54 Å². The van der Waals surface area contributed by atoms with E-state index in [1.807, 2.05) is 38.2 Å². The van der Waals surface area contributed by atoms with Gasteiger partial charge in [0.15, 0.2) is 0 Å². The Morgan fingerprint density at radius 3 is 2.67 bits per heavy atom. The second-order valence-corrected chi connectivity index (χ2v) is 5.58. The summed E-state index contributed by atoms with van der Waals surface area (Å²) in [5.41, 5.74) is 2.08. The highest BCUT2D eigenvalue weighted by molar-refractivity contribution is 6.31. The summed E-state index contributed by atoms with van der Waals surface area (Å²) in [6.07, 6.45) is 0. The number of aromatic nitrogens is 2. The molecule has 5 heteroatoms. The van der Waals surface area contributed by atoms with Crippen LogP contribution in [0.1, 0.15) is 30.0 Å². The summed E-state index contributed by atoms with van der Waals surface area (Å²) >= 11 is 6.27. The van der Waals surface area contributed by atoms with Gasteiger partial charge in [-0.05, 0) is 32.5 Å². The number of nitrogens with zero attached hydrogens (tertiary/aromatic N) is 3. The van der Waals surface area contributed by atoms with Crippen LogP contribution in [0.2, 0.25) is 5.02 Å². The van der Waals surface area contributed by atoms with E-state index in [0.717, 1.165) is 27.9 Å². The van der Waals surface area contributed by atoms with Crippen molar-refractivity contribution in [2.45, 2.75) is 26.4 Å². The van der Waals surface area contributed by atoms with E-state index in [1.54, 1.807) is 0 Å². The minimum atomic E-state index is 0.195. The average Bonchev–Trinajstić information content (AvgIpc) is 2.46. The summed E-state index contributed by atoms with van der Waals surface area (Å²) in [5, 5.41) is 3.85. The van der Waals surface area contributed by atoms with Crippen molar-refractivity contribution in [2.75, 3.05) is 19.4 Å². The third kappa shape index (κ3) is 3.93. The van der Waals surface area contributed by atoms with Crippen molar-refractivity contribution in [2.24, 2.45) is 0 Å². The van der Waals surface area contributed by atoms with Gasteiger partial charge < -0.3 is 5.32 Å². The first-order chi connectivity index (χ1) is 10.0. The lowest BCUT2D eigenvalue weighted by atomic mass is 10.1. The van der Waals surface area contributed by atoms with Crippen molar-refractivity contribution >= 4 is 17.4 Å². The zero-order chi connectivity index (χ0) is 15.4. The number of hydrogen-bond acceptors (Lipinski definition) is 4. The van der Waals surface area contributed by atoms with Gasteiger partial charge in [-0.2, -0.15) is 0 Å². The van der Waals surface area contributed by atoms with Gasteiger partial charge in [0.1, 0.15) is 11.6 Å². The van der Waals surface area contributed by atoms with Gasteiger partial charge in [-0.3, -0.25) is 4.90 Å². The molecule has 112 valence electrons. The number of anilines is 1. The molecule has 1 heterocycles. The number of rotatable bonds is 5. The maximum absolute atomic E-state index is 6.27. The number of benzene rings is 1. The maximum Gasteiger partial charge on any atom is 0.144 e. The van der Waals surface area contributed by atoms with Crippen LogP contribution in [0.4, 0.5) is 5.82 Å².